The minimum atomic E-state index is -2.03. The minimum absolute atomic E-state index is 0.0216. The maximum atomic E-state index is 14.5. The van der Waals surface area contributed by atoms with Crippen LogP contribution in [0, 0.1) is 56.7 Å². The van der Waals surface area contributed by atoms with Crippen LogP contribution in [0.3, 0.4) is 0 Å². The van der Waals surface area contributed by atoms with Gasteiger partial charge >= 0.3 is 0 Å². The van der Waals surface area contributed by atoms with E-state index >= 15 is 0 Å². The Labute approximate surface area is 247 Å². The number of fused-ring (bicyclic) bond motifs is 7. The molecule has 0 aromatic heterocycles. The fraction of sp³-hybridized carbons (Fsp3) is 0.917. The van der Waals surface area contributed by atoms with Crippen molar-refractivity contribution in [2.45, 2.75) is 151 Å². The first-order valence-electron chi connectivity index (χ1n) is 17.2. The first kappa shape index (κ1) is 30.8. The largest absolute Gasteiger partial charge is 0.519 e. The molecule has 5 rings (SSSR count). The summed E-state index contributed by atoms with van der Waals surface area (Å²) in [5, 5.41) is 11.0. The molecule has 4 saturated carbocycles. The van der Waals surface area contributed by atoms with Crippen molar-refractivity contribution in [3.8, 4) is 0 Å². The molecule has 4 heteroatoms. The third-order valence-corrected chi connectivity index (χ3v) is 20.1. The molecule has 10 atom stereocenters. The van der Waals surface area contributed by atoms with Gasteiger partial charge < -0.3 is 9.53 Å². The van der Waals surface area contributed by atoms with Gasteiger partial charge in [-0.25, -0.2) is 0 Å². The summed E-state index contributed by atoms with van der Waals surface area (Å²) in [4.78, 5) is 14.5. The monoisotopic (exact) mass is 570 g/mol. The highest BCUT2D eigenvalue weighted by atomic mass is 28.4. The lowest BCUT2D eigenvalue weighted by molar-refractivity contribution is -0.206. The van der Waals surface area contributed by atoms with E-state index in [4.69, 9.17) is 4.43 Å². The quantitative estimate of drug-likeness (QED) is 0.264. The first-order valence-corrected chi connectivity index (χ1v) is 19.8. The Morgan fingerprint density at radius 2 is 1.55 bits per heavy atom. The highest BCUT2D eigenvalue weighted by Gasteiger charge is 2.69. The average Bonchev–Trinajstić information content (AvgIpc) is 2.92. The van der Waals surface area contributed by atoms with E-state index in [1.807, 2.05) is 0 Å². The van der Waals surface area contributed by atoms with Crippen LogP contribution >= 0.6 is 0 Å². The van der Waals surface area contributed by atoms with E-state index in [1.54, 1.807) is 5.57 Å². The fourth-order valence-electron chi connectivity index (χ4n) is 12.1. The normalized spacial score (nSPS) is 48.1. The minimum Gasteiger partial charge on any atom is -0.519 e. The highest BCUT2D eigenvalue weighted by Crippen LogP contribution is 2.75. The third kappa shape index (κ3) is 3.92. The molecular weight excluding hydrogens is 508 g/mol. The molecule has 5 aliphatic rings. The lowest BCUT2D eigenvalue weighted by Crippen LogP contribution is -2.65. The van der Waals surface area contributed by atoms with Gasteiger partial charge in [0.2, 0.25) is 0 Å². The highest BCUT2D eigenvalue weighted by molar-refractivity contribution is 6.75. The first-order chi connectivity index (χ1) is 18.6. The van der Waals surface area contributed by atoms with Gasteiger partial charge in [-0.1, -0.05) is 80.9 Å². The number of hydrogen-bond donors (Lipinski definition) is 1. The van der Waals surface area contributed by atoms with Crippen molar-refractivity contribution >= 4 is 14.3 Å². The number of carbonyl (C=O) groups excluding carboxylic acids is 1. The van der Waals surface area contributed by atoms with Gasteiger partial charge in [0, 0.05) is 0 Å². The van der Waals surface area contributed by atoms with Crippen molar-refractivity contribution in [1.29, 1.82) is 0 Å². The SMILES string of the molecule is CC[Si](CC)(CC)OC(=O)[C@]12CC[C@@H](C)[C@H](C)[C@H]1C1=CC[C@@H]3[C@@]4(C)CC[C@H](O)C(C)(C)C4CC[C@@]3(C)[C@]1(C)CC2. The molecule has 0 aromatic rings. The van der Waals surface area contributed by atoms with E-state index in [2.05, 4.69) is 75.3 Å². The van der Waals surface area contributed by atoms with Crippen molar-refractivity contribution in [1.82, 2.24) is 0 Å². The number of aliphatic hydroxyl groups excluding tert-OH is 1. The number of rotatable bonds is 5. The number of carbonyl (C=O) groups is 1. The predicted molar refractivity (Wildman–Crippen MR) is 168 cm³/mol. The Balaban J connectivity index is 1.57. The zero-order valence-corrected chi connectivity index (χ0v) is 28.8. The molecule has 40 heavy (non-hydrogen) atoms. The second-order valence-corrected chi connectivity index (χ2v) is 21.5. The van der Waals surface area contributed by atoms with Crippen molar-refractivity contribution in [2.75, 3.05) is 0 Å². The zero-order valence-electron chi connectivity index (χ0n) is 27.8. The lowest BCUT2D eigenvalue weighted by atomic mass is 9.33. The van der Waals surface area contributed by atoms with E-state index < -0.39 is 8.32 Å². The maximum Gasteiger partial charge on any atom is 0.299 e. The van der Waals surface area contributed by atoms with Gasteiger partial charge in [-0.2, -0.15) is 0 Å². The van der Waals surface area contributed by atoms with Crippen LogP contribution < -0.4 is 0 Å². The lowest BCUT2D eigenvalue weighted by Gasteiger charge is -2.71. The second-order valence-electron chi connectivity index (χ2n) is 16.8. The average molecular weight is 571 g/mol. The smallest absolute Gasteiger partial charge is 0.299 e. The van der Waals surface area contributed by atoms with Crippen LogP contribution in [0.25, 0.3) is 0 Å². The Bertz CT molecular complexity index is 1020. The fourth-order valence-corrected chi connectivity index (χ4v) is 14.6. The van der Waals surface area contributed by atoms with Crippen LogP contribution in [0.1, 0.15) is 127 Å². The molecule has 5 aliphatic carbocycles. The van der Waals surface area contributed by atoms with Gasteiger partial charge in [-0.05, 0) is 127 Å². The van der Waals surface area contributed by atoms with Gasteiger partial charge in [0.15, 0.2) is 0 Å². The summed E-state index contributed by atoms with van der Waals surface area (Å²) in [6, 6.07) is 3.09. The Kier molecular flexibility index (Phi) is 7.68. The number of allylic oxidation sites excluding steroid dienone is 2. The summed E-state index contributed by atoms with van der Waals surface area (Å²) < 4.78 is 6.78. The molecule has 0 radical (unpaired) electrons. The van der Waals surface area contributed by atoms with Gasteiger partial charge in [0.05, 0.1) is 11.5 Å². The summed E-state index contributed by atoms with van der Waals surface area (Å²) >= 11 is 0. The molecule has 1 N–H and O–H groups in total. The number of hydrogen-bond acceptors (Lipinski definition) is 3. The number of aliphatic hydroxyl groups is 1. The van der Waals surface area contributed by atoms with Gasteiger partial charge in [-0.3, -0.25) is 4.79 Å². The summed E-state index contributed by atoms with van der Waals surface area (Å²) in [6.07, 6.45) is 12.4. The Hall–Kier alpha value is -0.613. The van der Waals surface area contributed by atoms with Gasteiger partial charge in [-0.15, -0.1) is 0 Å². The Morgan fingerprint density at radius 3 is 2.17 bits per heavy atom. The molecule has 0 spiro atoms. The molecule has 0 aromatic carbocycles. The van der Waals surface area contributed by atoms with E-state index in [0.717, 1.165) is 63.1 Å². The van der Waals surface area contributed by atoms with Crippen molar-refractivity contribution in [2.24, 2.45) is 56.7 Å². The standard InChI is InChI=1S/C36H62O3Si/c1-11-40(12-2,13-3)39-31(38)36-21-16-24(4)25(5)30(36)26-14-15-28-33(8)19-18-29(37)32(6,7)27(33)17-20-35(28,10)34(26,9)22-23-36/h14,24-25,27-30,37H,11-13,15-23H2,1-10H3/t24-,25+,27?,28-,29+,30+,33+,34-,35-,36+/m1/s1. The summed E-state index contributed by atoms with van der Waals surface area (Å²) in [5.74, 6) is 2.84. The summed E-state index contributed by atoms with van der Waals surface area (Å²) in [5.41, 5.74) is 1.89. The van der Waals surface area contributed by atoms with Gasteiger partial charge in [0.1, 0.15) is 0 Å². The van der Waals surface area contributed by atoms with Crippen molar-refractivity contribution in [3.63, 3.8) is 0 Å². The van der Waals surface area contributed by atoms with E-state index in [1.165, 1.54) is 12.8 Å². The second kappa shape index (κ2) is 9.96. The van der Waals surface area contributed by atoms with Gasteiger partial charge in [0.25, 0.3) is 14.3 Å². The molecule has 228 valence electrons. The van der Waals surface area contributed by atoms with Crippen LogP contribution in [-0.2, 0) is 9.22 Å². The summed E-state index contributed by atoms with van der Waals surface area (Å²) in [7, 11) is -2.03. The molecule has 3 nitrogen and oxygen atoms in total. The van der Waals surface area contributed by atoms with E-state index in [0.29, 0.717) is 29.6 Å². The molecular formula is C36H62O3Si. The topological polar surface area (TPSA) is 46.5 Å². The molecule has 0 heterocycles. The molecule has 0 saturated heterocycles. The summed E-state index contributed by atoms with van der Waals surface area (Å²) in [6.45, 7) is 24.2. The predicted octanol–water partition coefficient (Wildman–Crippen LogP) is 9.55. The van der Waals surface area contributed by atoms with Crippen LogP contribution in [0.4, 0.5) is 0 Å². The molecule has 1 unspecified atom stereocenters. The third-order valence-electron chi connectivity index (χ3n) is 15.6. The zero-order chi connectivity index (χ0) is 29.5. The molecule has 4 fully saturated rings. The van der Waals surface area contributed by atoms with Crippen LogP contribution in [0.15, 0.2) is 11.6 Å². The van der Waals surface area contributed by atoms with Crippen LogP contribution in [-0.4, -0.2) is 25.5 Å². The van der Waals surface area contributed by atoms with E-state index in [-0.39, 0.29) is 39.1 Å². The van der Waals surface area contributed by atoms with Crippen molar-refractivity contribution < 1.29 is 14.3 Å². The van der Waals surface area contributed by atoms with E-state index in [9.17, 15) is 9.90 Å². The molecule has 0 bridgehead atoms. The van der Waals surface area contributed by atoms with Crippen LogP contribution in [0.5, 0.6) is 0 Å². The Morgan fingerprint density at radius 1 is 0.900 bits per heavy atom. The molecule has 0 amide bonds. The van der Waals surface area contributed by atoms with Crippen LogP contribution in [0.2, 0.25) is 18.1 Å². The molecule has 0 aliphatic heterocycles. The van der Waals surface area contributed by atoms with Crippen molar-refractivity contribution in [3.05, 3.63) is 11.6 Å². The maximum absolute atomic E-state index is 14.5.